The Balaban J connectivity index is 1.52. The predicted molar refractivity (Wildman–Crippen MR) is 122 cm³/mol. The lowest BCUT2D eigenvalue weighted by atomic mass is 9.90. The number of carbonyl (C=O) groups excluding carboxylic acids is 2. The summed E-state index contributed by atoms with van der Waals surface area (Å²) < 4.78 is 0. The van der Waals surface area contributed by atoms with Gasteiger partial charge >= 0.3 is 0 Å². The van der Waals surface area contributed by atoms with Crippen LogP contribution in [0.3, 0.4) is 0 Å². The fourth-order valence-electron chi connectivity index (χ4n) is 4.56. The van der Waals surface area contributed by atoms with Crippen LogP contribution in [0.25, 0.3) is 0 Å². The first-order valence-electron chi connectivity index (χ1n) is 11.2. The highest BCUT2D eigenvalue weighted by Gasteiger charge is 2.35. The third-order valence-corrected chi connectivity index (χ3v) is 6.49. The topological polar surface area (TPSA) is 55.9 Å². The summed E-state index contributed by atoms with van der Waals surface area (Å²) in [6, 6.07) is 20.4. The first-order chi connectivity index (χ1) is 15.1. The Labute approximate surface area is 184 Å². The molecular weight excluding hydrogens is 388 g/mol. The second kappa shape index (κ2) is 10.1. The molecule has 1 N–H and O–H groups in total. The monoisotopic (exact) mass is 420 g/mol. The quantitative estimate of drug-likeness (QED) is 0.774. The van der Waals surface area contributed by atoms with Crippen LogP contribution in [0.2, 0.25) is 0 Å². The molecule has 2 heterocycles. The number of likely N-dealkylation sites (N-methyl/N-ethyl adjacent to an activating group) is 1. The molecule has 0 aliphatic carbocycles. The van der Waals surface area contributed by atoms with E-state index < -0.39 is 6.04 Å². The van der Waals surface area contributed by atoms with Crippen LogP contribution in [0.5, 0.6) is 0 Å². The Kier molecular flexibility index (Phi) is 6.99. The first-order valence-corrected chi connectivity index (χ1v) is 11.2. The number of amides is 2. The molecule has 2 aromatic rings. The molecule has 1 atom stereocenters. The Morgan fingerprint density at radius 3 is 2.10 bits per heavy atom. The van der Waals surface area contributed by atoms with Crippen LogP contribution in [0.15, 0.2) is 60.7 Å². The number of hydrogen-bond donors (Lipinski definition) is 1. The van der Waals surface area contributed by atoms with Crippen molar-refractivity contribution >= 4 is 11.8 Å². The molecule has 0 aromatic heterocycles. The largest absolute Gasteiger partial charge is 0.353 e. The Morgan fingerprint density at radius 2 is 1.52 bits per heavy atom. The van der Waals surface area contributed by atoms with Crippen LogP contribution in [-0.4, -0.2) is 85.4 Å². The van der Waals surface area contributed by atoms with Gasteiger partial charge in [-0.05, 0) is 18.2 Å². The average Bonchev–Trinajstić information content (AvgIpc) is 2.81. The van der Waals surface area contributed by atoms with Gasteiger partial charge in [-0.3, -0.25) is 14.5 Å². The Bertz CT molecular complexity index is 826. The molecule has 2 fully saturated rings. The van der Waals surface area contributed by atoms with E-state index in [1.165, 1.54) is 11.1 Å². The van der Waals surface area contributed by atoms with Crippen LogP contribution in [-0.2, 0) is 9.59 Å². The average molecular weight is 421 g/mol. The second-order valence-corrected chi connectivity index (χ2v) is 8.56. The van der Waals surface area contributed by atoms with Gasteiger partial charge in [0.2, 0.25) is 11.8 Å². The van der Waals surface area contributed by atoms with E-state index in [0.717, 1.165) is 32.7 Å². The van der Waals surface area contributed by atoms with Crippen LogP contribution in [0.1, 0.15) is 23.5 Å². The normalized spacial score (nSPS) is 20.6. The zero-order valence-electron chi connectivity index (χ0n) is 18.2. The summed E-state index contributed by atoms with van der Waals surface area (Å²) in [5.41, 5.74) is 2.45. The van der Waals surface area contributed by atoms with Gasteiger partial charge < -0.3 is 15.1 Å². The molecule has 164 valence electrons. The van der Waals surface area contributed by atoms with Crippen molar-refractivity contribution in [3.63, 3.8) is 0 Å². The highest BCUT2D eigenvalue weighted by molar-refractivity contribution is 5.89. The van der Waals surface area contributed by atoms with E-state index in [2.05, 4.69) is 70.7 Å². The smallest absolute Gasteiger partial charge is 0.237 e. The molecule has 31 heavy (non-hydrogen) atoms. The first kappa shape index (κ1) is 21.5. The molecule has 0 radical (unpaired) electrons. The van der Waals surface area contributed by atoms with Gasteiger partial charge in [-0.25, -0.2) is 0 Å². The summed E-state index contributed by atoms with van der Waals surface area (Å²) in [4.78, 5) is 32.1. The van der Waals surface area contributed by atoms with Crippen molar-refractivity contribution in [1.29, 1.82) is 0 Å². The molecular formula is C25H32N4O2. The molecule has 0 spiro atoms. The van der Waals surface area contributed by atoms with Gasteiger partial charge in [-0.2, -0.15) is 0 Å². The van der Waals surface area contributed by atoms with E-state index >= 15 is 0 Å². The third kappa shape index (κ3) is 5.32. The highest BCUT2D eigenvalue weighted by atomic mass is 16.2. The van der Waals surface area contributed by atoms with Crippen LogP contribution in [0, 0.1) is 0 Å². The molecule has 4 rings (SSSR count). The summed E-state index contributed by atoms with van der Waals surface area (Å²) in [7, 11) is 2.07. The fraction of sp³-hybridized carbons (Fsp3) is 0.440. The predicted octanol–water partition coefficient (Wildman–Crippen LogP) is 1.78. The van der Waals surface area contributed by atoms with E-state index in [-0.39, 0.29) is 24.2 Å². The standard InChI is InChI=1S/C25H32N4O2/c1-27-14-16-28(17-15-27)24(30)18-23-25(31)26-12-13-29(23)19-22(20-8-4-2-5-9-20)21-10-6-3-7-11-21/h2-11,22-23H,12-19H2,1H3,(H,26,31)/t23-/m1/s1. The summed E-state index contributed by atoms with van der Waals surface area (Å²) in [6.07, 6.45) is 0.242. The molecule has 0 unspecified atom stereocenters. The molecule has 6 nitrogen and oxygen atoms in total. The second-order valence-electron chi connectivity index (χ2n) is 8.56. The van der Waals surface area contributed by atoms with Crippen molar-refractivity contribution in [3.8, 4) is 0 Å². The fourth-order valence-corrected chi connectivity index (χ4v) is 4.56. The Morgan fingerprint density at radius 1 is 0.935 bits per heavy atom. The van der Waals surface area contributed by atoms with Crippen molar-refractivity contribution in [1.82, 2.24) is 20.0 Å². The molecule has 2 saturated heterocycles. The lowest BCUT2D eigenvalue weighted by Gasteiger charge is -2.39. The number of rotatable bonds is 6. The number of hydrogen-bond acceptors (Lipinski definition) is 4. The summed E-state index contributed by atoms with van der Waals surface area (Å²) in [5.74, 6) is 0.194. The van der Waals surface area contributed by atoms with Gasteiger partial charge in [0.15, 0.2) is 0 Å². The zero-order chi connectivity index (χ0) is 21.6. The third-order valence-electron chi connectivity index (χ3n) is 6.49. The van der Waals surface area contributed by atoms with E-state index in [4.69, 9.17) is 0 Å². The summed E-state index contributed by atoms with van der Waals surface area (Å²) in [6.45, 7) is 5.33. The molecule has 2 aromatic carbocycles. The van der Waals surface area contributed by atoms with Crippen LogP contribution in [0.4, 0.5) is 0 Å². The van der Waals surface area contributed by atoms with Crippen molar-refractivity contribution in [2.45, 2.75) is 18.4 Å². The number of benzene rings is 2. The highest BCUT2D eigenvalue weighted by Crippen LogP contribution is 2.27. The number of nitrogens with one attached hydrogen (secondary N) is 1. The van der Waals surface area contributed by atoms with Gasteiger partial charge in [0, 0.05) is 51.7 Å². The SMILES string of the molecule is CN1CCN(C(=O)C[C@@H]2C(=O)NCCN2CC(c2ccccc2)c2ccccc2)CC1. The van der Waals surface area contributed by atoms with Gasteiger partial charge in [0.25, 0.3) is 0 Å². The lowest BCUT2D eigenvalue weighted by molar-refractivity contribution is -0.139. The van der Waals surface area contributed by atoms with Crippen LogP contribution < -0.4 is 5.32 Å². The molecule has 0 saturated carbocycles. The number of nitrogens with zero attached hydrogens (tertiary/aromatic N) is 3. The van der Waals surface area contributed by atoms with E-state index in [9.17, 15) is 9.59 Å². The van der Waals surface area contributed by atoms with Gasteiger partial charge in [-0.1, -0.05) is 60.7 Å². The summed E-state index contributed by atoms with van der Waals surface area (Å²) >= 11 is 0. The lowest BCUT2D eigenvalue weighted by Crippen LogP contribution is -2.58. The number of carbonyl (C=O) groups is 2. The van der Waals surface area contributed by atoms with Crippen molar-refractivity contribution in [2.24, 2.45) is 0 Å². The Hall–Kier alpha value is -2.70. The minimum atomic E-state index is -0.421. The van der Waals surface area contributed by atoms with Gasteiger partial charge in [0.05, 0.1) is 12.5 Å². The minimum Gasteiger partial charge on any atom is -0.353 e. The molecule has 6 heteroatoms. The number of piperazine rings is 2. The van der Waals surface area contributed by atoms with Crippen molar-refractivity contribution < 1.29 is 9.59 Å². The maximum absolute atomic E-state index is 13.0. The van der Waals surface area contributed by atoms with Crippen molar-refractivity contribution in [2.75, 3.05) is 52.9 Å². The van der Waals surface area contributed by atoms with Crippen molar-refractivity contribution in [3.05, 3.63) is 71.8 Å². The van der Waals surface area contributed by atoms with Gasteiger partial charge in [0.1, 0.15) is 0 Å². The zero-order valence-corrected chi connectivity index (χ0v) is 18.2. The van der Waals surface area contributed by atoms with E-state index in [1.807, 2.05) is 17.0 Å². The molecule has 2 aliphatic heterocycles. The maximum Gasteiger partial charge on any atom is 0.237 e. The van der Waals surface area contributed by atoms with E-state index in [0.29, 0.717) is 13.1 Å². The summed E-state index contributed by atoms with van der Waals surface area (Å²) in [5, 5.41) is 2.97. The van der Waals surface area contributed by atoms with E-state index in [1.54, 1.807) is 0 Å². The molecule has 0 bridgehead atoms. The molecule has 2 aliphatic rings. The maximum atomic E-state index is 13.0. The minimum absolute atomic E-state index is 0.0337. The van der Waals surface area contributed by atoms with Crippen LogP contribution >= 0.6 is 0 Å². The molecule has 2 amide bonds. The van der Waals surface area contributed by atoms with Gasteiger partial charge in [-0.15, -0.1) is 0 Å².